The summed E-state index contributed by atoms with van der Waals surface area (Å²) < 4.78 is 19.6. The van der Waals surface area contributed by atoms with Gasteiger partial charge in [-0.05, 0) is 69.4 Å². The molecular weight excluding hydrogens is 507 g/mol. The molecule has 1 aromatic carbocycles. The van der Waals surface area contributed by atoms with Crippen LogP contribution in [0.2, 0.25) is 0 Å². The van der Waals surface area contributed by atoms with Gasteiger partial charge >= 0.3 is 0 Å². The molecule has 1 amide bonds. The molecule has 0 radical (unpaired) electrons. The van der Waals surface area contributed by atoms with Crippen LogP contribution < -0.4 is 10.6 Å². The molecule has 0 bridgehead atoms. The average molecular weight is 547 g/mol. The molecular formula is C26H40ClFN2O5S. The molecule has 0 aromatic heterocycles. The third kappa shape index (κ3) is 7.79. The Balaban J connectivity index is 1.49. The molecule has 2 aliphatic rings. The highest BCUT2D eigenvalue weighted by Crippen LogP contribution is 2.30. The van der Waals surface area contributed by atoms with Crippen LogP contribution in [0.1, 0.15) is 51.0 Å². The predicted molar refractivity (Wildman–Crippen MR) is 141 cm³/mol. The molecule has 0 aliphatic carbocycles. The summed E-state index contributed by atoms with van der Waals surface area (Å²) in [5.74, 6) is 0.140. The second-order valence-electron chi connectivity index (χ2n) is 9.96. The van der Waals surface area contributed by atoms with Crippen molar-refractivity contribution >= 4 is 29.3 Å². The van der Waals surface area contributed by atoms with E-state index >= 15 is 0 Å². The number of rotatable bonds is 10. The van der Waals surface area contributed by atoms with Crippen LogP contribution in [0.15, 0.2) is 24.3 Å². The summed E-state index contributed by atoms with van der Waals surface area (Å²) in [6.07, 6.45) is 3.06. The van der Waals surface area contributed by atoms with E-state index in [0.29, 0.717) is 12.3 Å². The first-order valence-electron chi connectivity index (χ1n) is 12.9. The van der Waals surface area contributed by atoms with E-state index in [4.69, 9.17) is 16.3 Å². The molecule has 3 rings (SSSR count). The summed E-state index contributed by atoms with van der Waals surface area (Å²) in [6, 6.07) is 5.78. The fourth-order valence-electron chi connectivity index (χ4n) is 5.16. The number of thioether (sulfide) groups is 1. The van der Waals surface area contributed by atoms with Crippen molar-refractivity contribution in [3.8, 4) is 0 Å². The van der Waals surface area contributed by atoms with Crippen LogP contribution in [0.5, 0.6) is 0 Å². The molecule has 204 valence electrons. The Hall–Kier alpha value is -0.940. The molecule has 0 spiro atoms. The topological polar surface area (TPSA) is 111 Å². The standard InChI is InChI=1S/C26H40ClFN2O5S/c1-15(27)20(24-22(32)21(31)23(33)26(35-24)36-2)30-25(34)19-12-11-16(13-14-29-19)7-3-4-8-17-9-5-6-10-18(17)28/h5-6,9-10,15-16,19-24,26,29,31-33H,3-4,7-8,11-14H2,1-2H3,(H,30,34)/t15-,16-,19-,20+,21?,22-,23+,24+,26?/m0/s1. The minimum Gasteiger partial charge on any atom is -0.388 e. The number of aryl methyl sites for hydroxylation is 1. The van der Waals surface area contributed by atoms with Gasteiger partial charge in [0.05, 0.1) is 17.5 Å². The molecule has 5 N–H and O–H groups in total. The van der Waals surface area contributed by atoms with Crippen LogP contribution in [-0.2, 0) is 16.0 Å². The first kappa shape index (κ1) is 29.6. The highest BCUT2D eigenvalue weighted by molar-refractivity contribution is 7.99. The Morgan fingerprint density at radius 1 is 1.19 bits per heavy atom. The van der Waals surface area contributed by atoms with Gasteiger partial charge in [-0.2, -0.15) is 0 Å². The highest BCUT2D eigenvalue weighted by atomic mass is 35.5. The fourth-order valence-corrected chi connectivity index (χ4v) is 6.05. The maximum atomic E-state index is 13.8. The summed E-state index contributed by atoms with van der Waals surface area (Å²) in [6.45, 7) is 2.42. The second kappa shape index (κ2) is 14.3. The minimum absolute atomic E-state index is 0.143. The Morgan fingerprint density at radius 3 is 2.64 bits per heavy atom. The van der Waals surface area contributed by atoms with Gasteiger partial charge in [0, 0.05) is 0 Å². The van der Waals surface area contributed by atoms with Crippen molar-refractivity contribution in [3.05, 3.63) is 35.6 Å². The maximum absolute atomic E-state index is 13.8. The molecule has 2 fully saturated rings. The summed E-state index contributed by atoms with van der Waals surface area (Å²) in [7, 11) is 0. The van der Waals surface area contributed by atoms with Gasteiger partial charge < -0.3 is 30.7 Å². The summed E-state index contributed by atoms with van der Waals surface area (Å²) in [5.41, 5.74) is 0.0242. The lowest BCUT2D eigenvalue weighted by molar-refractivity contribution is -0.205. The Kier molecular flexibility index (Phi) is 11.7. The zero-order chi connectivity index (χ0) is 26.2. The van der Waals surface area contributed by atoms with Crippen molar-refractivity contribution in [2.45, 2.75) is 99.2 Å². The quantitative estimate of drug-likeness (QED) is 0.226. The minimum atomic E-state index is -1.40. The van der Waals surface area contributed by atoms with Crippen LogP contribution in [0.25, 0.3) is 0 Å². The van der Waals surface area contributed by atoms with E-state index in [0.717, 1.165) is 50.6 Å². The van der Waals surface area contributed by atoms with Gasteiger partial charge in [0.2, 0.25) is 5.91 Å². The van der Waals surface area contributed by atoms with E-state index in [-0.39, 0.29) is 17.8 Å². The predicted octanol–water partition coefficient (Wildman–Crippen LogP) is 2.58. The van der Waals surface area contributed by atoms with Crippen LogP contribution in [0, 0.1) is 11.7 Å². The largest absolute Gasteiger partial charge is 0.388 e. The van der Waals surface area contributed by atoms with Crippen molar-refractivity contribution in [3.63, 3.8) is 0 Å². The zero-order valence-electron chi connectivity index (χ0n) is 21.0. The van der Waals surface area contributed by atoms with Gasteiger partial charge in [0.15, 0.2) is 0 Å². The van der Waals surface area contributed by atoms with E-state index in [1.54, 1.807) is 19.2 Å². The lowest BCUT2D eigenvalue weighted by atomic mass is 9.91. The van der Waals surface area contributed by atoms with Crippen LogP contribution >= 0.6 is 23.4 Å². The van der Waals surface area contributed by atoms with Gasteiger partial charge in [0.1, 0.15) is 35.7 Å². The van der Waals surface area contributed by atoms with Crippen molar-refractivity contribution in [2.24, 2.45) is 5.92 Å². The van der Waals surface area contributed by atoms with E-state index in [1.165, 1.54) is 17.8 Å². The number of halogens is 2. The molecule has 0 saturated carbocycles. The number of hydrogen-bond acceptors (Lipinski definition) is 7. The van der Waals surface area contributed by atoms with Gasteiger partial charge in [-0.3, -0.25) is 4.79 Å². The number of ether oxygens (including phenoxy) is 1. The van der Waals surface area contributed by atoms with Gasteiger partial charge in [0.25, 0.3) is 0 Å². The third-order valence-electron chi connectivity index (χ3n) is 7.39. The fraction of sp³-hybridized carbons (Fsp3) is 0.731. The summed E-state index contributed by atoms with van der Waals surface area (Å²) >= 11 is 7.60. The SMILES string of the molecule is CSC1O[C@H]([C@H](NC(=O)[C@@H]2CC[C@H](CCCCc3ccccc3F)CCN2)[C@H](C)Cl)[C@@H](O)C(O)[C@H]1O. The molecule has 7 nitrogen and oxygen atoms in total. The van der Waals surface area contributed by atoms with Crippen molar-refractivity contribution in [2.75, 3.05) is 12.8 Å². The van der Waals surface area contributed by atoms with Gasteiger partial charge in [-0.15, -0.1) is 23.4 Å². The van der Waals surface area contributed by atoms with E-state index in [9.17, 15) is 24.5 Å². The Bertz CT molecular complexity index is 835. The first-order chi connectivity index (χ1) is 17.2. The highest BCUT2D eigenvalue weighted by Gasteiger charge is 2.48. The number of carbonyl (C=O) groups excluding carboxylic acids is 1. The zero-order valence-corrected chi connectivity index (χ0v) is 22.6. The molecule has 2 saturated heterocycles. The molecule has 9 atom stereocenters. The van der Waals surface area contributed by atoms with Crippen LogP contribution in [-0.4, -0.2) is 81.3 Å². The van der Waals surface area contributed by atoms with Crippen molar-refractivity contribution < 1.29 is 29.2 Å². The number of nitrogens with one attached hydrogen (secondary N) is 2. The molecule has 36 heavy (non-hydrogen) atoms. The van der Waals surface area contributed by atoms with Gasteiger partial charge in [-0.1, -0.05) is 31.0 Å². The number of carbonyl (C=O) groups is 1. The van der Waals surface area contributed by atoms with Crippen LogP contribution in [0.4, 0.5) is 4.39 Å². The monoisotopic (exact) mass is 546 g/mol. The number of aliphatic hydroxyl groups excluding tert-OH is 3. The lowest BCUT2D eigenvalue weighted by Crippen LogP contribution is -2.65. The summed E-state index contributed by atoms with van der Waals surface area (Å²) in [4.78, 5) is 13.1. The third-order valence-corrected chi connectivity index (χ3v) is 8.51. The average Bonchev–Trinajstić information content (AvgIpc) is 3.11. The molecule has 10 heteroatoms. The number of unbranched alkanes of at least 4 members (excludes halogenated alkanes) is 1. The van der Waals surface area contributed by atoms with E-state index in [2.05, 4.69) is 10.6 Å². The number of benzene rings is 1. The second-order valence-corrected chi connectivity index (χ2v) is 11.6. The van der Waals surface area contributed by atoms with Gasteiger partial charge in [-0.25, -0.2) is 4.39 Å². The molecule has 2 aliphatic heterocycles. The van der Waals surface area contributed by atoms with Crippen molar-refractivity contribution in [1.82, 2.24) is 10.6 Å². The van der Waals surface area contributed by atoms with Crippen LogP contribution in [0.3, 0.4) is 0 Å². The van der Waals surface area contributed by atoms with E-state index < -0.39 is 41.3 Å². The normalized spacial score (nSPS) is 32.9. The Labute approximate surface area is 222 Å². The number of hydrogen-bond donors (Lipinski definition) is 5. The maximum Gasteiger partial charge on any atom is 0.237 e. The Morgan fingerprint density at radius 2 is 1.94 bits per heavy atom. The number of aliphatic hydroxyl groups is 3. The first-order valence-corrected chi connectivity index (χ1v) is 14.6. The number of amides is 1. The molecule has 1 aromatic rings. The summed E-state index contributed by atoms with van der Waals surface area (Å²) in [5, 5.41) is 36.6. The smallest absolute Gasteiger partial charge is 0.237 e. The number of alkyl halides is 1. The van der Waals surface area contributed by atoms with E-state index in [1.807, 2.05) is 12.1 Å². The lowest BCUT2D eigenvalue weighted by Gasteiger charge is -2.44. The molecule has 2 heterocycles. The molecule has 2 unspecified atom stereocenters. The van der Waals surface area contributed by atoms with Crippen molar-refractivity contribution in [1.29, 1.82) is 0 Å².